The largest absolute Gasteiger partial charge is 0.497 e. The third-order valence-electron chi connectivity index (χ3n) is 4.88. The van der Waals surface area contributed by atoms with Crippen molar-refractivity contribution < 1.29 is 13.9 Å². The molecule has 0 unspecified atom stereocenters. The van der Waals surface area contributed by atoms with Gasteiger partial charge in [0.1, 0.15) is 36.0 Å². The normalized spacial score (nSPS) is 11.1. The number of rotatable bonds is 10. The van der Waals surface area contributed by atoms with Gasteiger partial charge in [0.05, 0.1) is 20.5 Å². The highest BCUT2D eigenvalue weighted by Gasteiger charge is 2.12. The van der Waals surface area contributed by atoms with Gasteiger partial charge in [-0.2, -0.15) is 0 Å². The lowest BCUT2D eigenvalue weighted by atomic mass is 10.2. The van der Waals surface area contributed by atoms with Crippen molar-refractivity contribution in [1.29, 1.82) is 0 Å². The van der Waals surface area contributed by atoms with Crippen molar-refractivity contribution in [3.05, 3.63) is 60.1 Å². The van der Waals surface area contributed by atoms with Gasteiger partial charge in [-0.25, -0.2) is 4.99 Å². The predicted molar refractivity (Wildman–Crippen MR) is 134 cm³/mol. The van der Waals surface area contributed by atoms with Crippen LogP contribution in [0.4, 0.5) is 0 Å². The van der Waals surface area contributed by atoms with E-state index >= 15 is 0 Å². The quantitative estimate of drug-likeness (QED) is 0.234. The average molecular weight is 554 g/mol. The Kier molecular flexibility index (Phi) is 10.3. The van der Waals surface area contributed by atoms with Gasteiger partial charge in [0.25, 0.3) is 0 Å². The number of aliphatic imine (C=N–C) groups is 1. The smallest absolute Gasteiger partial charge is 0.194 e. The third-order valence-corrected chi connectivity index (χ3v) is 4.88. The van der Waals surface area contributed by atoms with Crippen LogP contribution in [0.2, 0.25) is 0 Å². The Morgan fingerprint density at radius 1 is 1.25 bits per heavy atom. The van der Waals surface area contributed by atoms with Crippen molar-refractivity contribution in [2.45, 2.75) is 33.0 Å². The molecule has 0 spiro atoms. The monoisotopic (exact) mass is 554 g/mol. The molecule has 10 heteroatoms. The minimum Gasteiger partial charge on any atom is -0.497 e. The van der Waals surface area contributed by atoms with E-state index in [1.165, 1.54) is 0 Å². The second-order valence-corrected chi connectivity index (χ2v) is 6.97. The van der Waals surface area contributed by atoms with Gasteiger partial charge in [-0.05, 0) is 24.3 Å². The topological polar surface area (TPSA) is 89.9 Å². The van der Waals surface area contributed by atoms with Gasteiger partial charge in [-0.3, -0.25) is 0 Å². The molecule has 2 heterocycles. The second-order valence-electron chi connectivity index (χ2n) is 6.97. The Bertz CT molecular complexity index is 974. The van der Waals surface area contributed by atoms with Crippen molar-refractivity contribution in [3.63, 3.8) is 0 Å². The number of furan rings is 1. The zero-order chi connectivity index (χ0) is 22.1. The van der Waals surface area contributed by atoms with Gasteiger partial charge < -0.3 is 28.7 Å². The maximum absolute atomic E-state index is 5.54. The molecule has 0 aliphatic carbocycles. The number of halogens is 1. The molecule has 0 saturated carbocycles. The summed E-state index contributed by atoms with van der Waals surface area (Å²) in [6.07, 6.45) is 4.25. The Balaban J connectivity index is 0.00000363. The van der Waals surface area contributed by atoms with Gasteiger partial charge >= 0.3 is 0 Å². The van der Waals surface area contributed by atoms with E-state index < -0.39 is 0 Å². The predicted octanol–water partition coefficient (Wildman–Crippen LogP) is 3.35. The summed E-state index contributed by atoms with van der Waals surface area (Å²) in [5.74, 6) is 4.07. The van der Waals surface area contributed by atoms with Crippen LogP contribution in [0.25, 0.3) is 0 Å². The van der Waals surface area contributed by atoms with E-state index in [0.29, 0.717) is 19.6 Å². The van der Waals surface area contributed by atoms with E-state index in [9.17, 15) is 0 Å². The molecule has 9 nitrogen and oxygen atoms in total. The standard InChI is InChI=1S/C22H30N6O3.HI/c1-5-21-26-25-16-28(21)11-10-23-22(24-14-19-7-6-12-31-19)27(2)15-17-8-9-18(29-3)13-20(17)30-4;/h6-9,12-13,16H,5,10-11,14-15H2,1-4H3,(H,23,24);1H. The van der Waals surface area contributed by atoms with Crippen molar-refractivity contribution >= 4 is 29.9 Å². The van der Waals surface area contributed by atoms with E-state index in [4.69, 9.17) is 18.9 Å². The maximum atomic E-state index is 5.54. The lowest BCUT2D eigenvalue weighted by Gasteiger charge is -2.24. The van der Waals surface area contributed by atoms with Crippen LogP contribution in [0, 0.1) is 0 Å². The summed E-state index contributed by atoms with van der Waals surface area (Å²) in [6, 6.07) is 9.59. The van der Waals surface area contributed by atoms with E-state index in [1.54, 1.807) is 26.8 Å². The van der Waals surface area contributed by atoms with Crippen molar-refractivity contribution in [2.24, 2.45) is 4.99 Å². The summed E-state index contributed by atoms with van der Waals surface area (Å²) < 4.78 is 18.3. The molecule has 3 rings (SSSR count). The third kappa shape index (κ3) is 6.87. The fraction of sp³-hybridized carbons (Fsp3) is 0.409. The van der Waals surface area contributed by atoms with Crippen molar-refractivity contribution in [1.82, 2.24) is 25.0 Å². The van der Waals surface area contributed by atoms with Crippen LogP contribution in [0.5, 0.6) is 11.5 Å². The van der Waals surface area contributed by atoms with Crippen LogP contribution >= 0.6 is 24.0 Å². The number of guanidine groups is 1. The minimum absolute atomic E-state index is 0. The second kappa shape index (κ2) is 12.9. The van der Waals surface area contributed by atoms with Crippen LogP contribution in [-0.4, -0.2) is 53.4 Å². The number of hydrogen-bond donors (Lipinski definition) is 1. The molecule has 1 N–H and O–H groups in total. The average Bonchev–Trinajstić information content (AvgIpc) is 3.48. The number of ether oxygens (including phenoxy) is 2. The Morgan fingerprint density at radius 3 is 2.78 bits per heavy atom. The summed E-state index contributed by atoms with van der Waals surface area (Å²) in [5.41, 5.74) is 1.03. The summed E-state index contributed by atoms with van der Waals surface area (Å²) >= 11 is 0. The molecule has 0 fully saturated rings. The fourth-order valence-electron chi connectivity index (χ4n) is 3.21. The molecular formula is C22H31IN6O3. The first-order chi connectivity index (χ1) is 15.1. The van der Waals surface area contributed by atoms with Gasteiger partial charge in [-0.15, -0.1) is 34.2 Å². The van der Waals surface area contributed by atoms with Gasteiger partial charge in [0.15, 0.2) is 5.96 Å². The lowest BCUT2D eigenvalue weighted by Crippen LogP contribution is -2.40. The van der Waals surface area contributed by atoms with Crippen LogP contribution in [0.15, 0.2) is 52.3 Å². The van der Waals surface area contributed by atoms with Crippen molar-refractivity contribution in [3.8, 4) is 11.5 Å². The molecule has 1 aromatic carbocycles. The van der Waals surface area contributed by atoms with E-state index in [0.717, 1.165) is 47.6 Å². The molecule has 0 atom stereocenters. The Hall–Kier alpha value is -2.76. The minimum atomic E-state index is 0. The zero-order valence-electron chi connectivity index (χ0n) is 18.9. The zero-order valence-corrected chi connectivity index (χ0v) is 21.3. The first kappa shape index (κ1) is 25.5. The van der Waals surface area contributed by atoms with Crippen LogP contribution in [0.3, 0.4) is 0 Å². The molecule has 0 aliphatic rings. The molecule has 32 heavy (non-hydrogen) atoms. The van der Waals surface area contributed by atoms with Crippen LogP contribution < -0.4 is 14.8 Å². The Labute approximate surface area is 205 Å². The molecule has 0 radical (unpaired) electrons. The summed E-state index contributed by atoms with van der Waals surface area (Å²) in [5, 5.41) is 11.6. The molecule has 3 aromatic rings. The van der Waals surface area contributed by atoms with Crippen LogP contribution in [-0.2, 0) is 26.1 Å². The summed E-state index contributed by atoms with van der Waals surface area (Å²) in [7, 11) is 5.30. The number of hydrogen-bond acceptors (Lipinski definition) is 6. The molecule has 174 valence electrons. The maximum Gasteiger partial charge on any atom is 0.194 e. The highest BCUT2D eigenvalue weighted by atomic mass is 127. The first-order valence-corrected chi connectivity index (χ1v) is 10.2. The van der Waals surface area contributed by atoms with E-state index in [2.05, 4.69) is 27.3 Å². The molecule has 0 saturated heterocycles. The number of aromatic nitrogens is 3. The molecule has 0 amide bonds. The van der Waals surface area contributed by atoms with Gasteiger partial charge in [0, 0.05) is 44.7 Å². The summed E-state index contributed by atoms with van der Waals surface area (Å²) in [6.45, 7) is 4.57. The first-order valence-electron chi connectivity index (χ1n) is 10.2. The number of nitrogens with zero attached hydrogens (tertiary/aromatic N) is 5. The van der Waals surface area contributed by atoms with E-state index in [1.807, 2.05) is 41.9 Å². The number of aryl methyl sites for hydroxylation is 1. The molecule has 0 aliphatic heterocycles. The molecular weight excluding hydrogens is 523 g/mol. The lowest BCUT2D eigenvalue weighted by molar-refractivity contribution is 0.382. The highest BCUT2D eigenvalue weighted by molar-refractivity contribution is 14.0. The van der Waals surface area contributed by atoms with E-state index in [-0.39, 0.29) is 24.0 Å². The number of methoxy groups -OCH3 is 2. The van der Waals surface area contributed by atoms with Crippen LogP contribution in [0.1, 0.15) is 24.1 Å². The SMILES string of the molecule is CCc1nncn1CCNC(=NCc1ccco1)N(C)Cc1ccc(OC)cc1OC.I. The highest BCUT2D eigenvalue weighted by Crippen LogP contribution is 2.25. The summed E-state index contributed by atoms with van der Waals surface area (Å²) in [4.78, 5) is 6.80. The Morgan fingerprint density at radius 2 is 2.09 bits per heavy atom. The number of benzene rings is 1. The molecule has 2 aromatic heterocycles. The van der Waals surface area contributed by atoms with Gasteiger partial charge in [0.2, 0.25) is 0 Å². The fourth-order valence-corrected chi connectivity index (χ4v) is 3.21. The number of nitrogens with one attached hydrogen (secondary N) is 1. The molecule has 0 bridgehead atoms. The van der Waals surface area contributed by atoms with Gasteiger partial charge in [-0.1, -0.05) is 6.92 Å². The van der Waals surface area contributed by atoms with Crippen molar-refractivity contribution in [2.75, 3.05) is 27.8 Å².